The standard InChI is InChI=1S/C42H56N6O8S2/c1-29(2)37(47-57(53,54)25-19-31-15-21-43-22-16-31)41(51)45-35(27-33-11-7-5-8-12-33)39(49)40(50)36(28-34-13-9-6-10-14-34)46-42(52)38(30(3)4)48-58(55,56)26-20-32-17-23-44-24-18-32/h5-18,21-24,29-30,35-40,47-50H,19-20,25-28H2,1-4H3,(H,45,51)(H,46,52)/t35-,36-,37?,38?,39-,40-/m0/s1. The van der Waals surface area contributed by atoms with Crippen LogP contribution in [0.2, 0.25) is 0 Å². The highest BCUT2D eigenvalue weighted by Gasteiger charge is 2.38. The summed E-state index contributed by atoms with van der Waals surface area (Å²) in [6, 6.07) is 20.0. The Hall–Kier alpha value is -4.58. The molecule has 0 aliphatic heterocycles. The van der Waals surface area contributed by atoms with Gasteiger partial charge >= 0.3 is 0 Å². The van der Waals surface area contributed by atoms with Crippen LogP contribution in [0, 0.1) is 11.8 Å². The van der Waals surface area contributed by atoms with Crippen LogP contribution in [0.3, 0.4) is 0 Å². The first-order valence-corrected chi connectivity index (χ1v) is 22.7. The Bertz CT molecular complexity index is 1930. The number of hydrogen-bond acceptors (Lipinski definition) is 10. The van der Waals surface area contributed by atoms with E-state index in [1.165, 1.54) is 0 Å². The zero-order valence-electron chi connectivity index (χ0n) is 33.3. The van der Waals surface area contributed by atoms with Crippen LogP contribution >= 0.6 is 0 Å². The predicted molar refractivity (Wildman–Crippen MR) is 223 cm³/mol. The normalized spacial score (nSPS) is 15.2. The van der Waals surface area contributed by atoms with Gasteiger partial charge in [0.2, 0.25) is 31.9 Å². The summed E-state index contributed by atoms with van der Waals surface area (Å²) in [5, 5.41) is 29.5. The summed E-state index contributed by atoms with van der Waals surface area (Å²) in [7, 11) is -7.90. The molecule has 4 rings (SSSR count). The first-order valence-electron chi connectivity index (χ1n) is 19.4. The van der Waals surface area contributed by atoms with Crippen LogP contribution in [0.4, 0.5) is 0 Å². The highest BCUT2D eigenvalue weighted by molar-refractivity contribution is 7.89. The molecule has 16 heteroatoms. The number of carbonyl (C=O) groups is 2. The van der Waals surface area contributed by atoms with E-state index in [9.17, 15) is 36.6 Å². The quantitative estimate of drug-likeness (QED) is 0.0641. The molecule has 0 radical (unpaired) electrons. The van der Waals surface area contributed by atoms with E-state index >= 15 is 0 Å². The smallest absolute Gasteiger partial charge is 0.238 e. The van der Waals surface area contributed by atoms with Crippen LogP contribution in [0.15, 0.2) is 110 Å². The van der Waals surface area contributed by atoms with E-state index in [0.717, 1.165) is 11.1 Å². The summed E-state index contributed by atoms with van der Waals surface area (Å²) in [6.45, 7) is 6.77. The van der Waals surface area contributed by atoms with Gasteiger partial charge in [0.25, 0.3) is 0 Å². The lowest BCUT2D eigenvalue weighted by molar-refractivity contribution is -0.129. The summed E-state index contributed by atoms with van der Waals surface area (Å²) in [5.74, 6) is -2.97. The molecule has 4 aromatic rings. The lowest BCUT2D eigenvalue weighted by Crippen LogP contribution is -2.61. The van der Waals surface area contributed by atoms with Gasteiger partial charge in [0.05, 0.1) is 23.6 Å². The molecule has 0 aliphatic rings. The van der Waals surface area contributed by atoms with Gasteiger partial charge in [-0.15, -0.1) is 0 Å². The number of aromatic nitrogens is 2. The van der Waals surface area contributed by atoms with Crippen molar-refractivity contribution < 1.29 is 36.6 Å². The number of carbonyl (C=O) groups excluding carboxylic acids is 2. The summed E-state index contributed by atoms with van der Waals surface area (Å²) >= 11 is 0. The van der Waals surface area contributed by atoms with Gasteiger partial charge in [-0.3, -0.25) is 19.6 Å². The molecule has 14 nitrogen and oxygen atoms in total. The number of hydrogen-bond donors (Lipinski definition) is 6. The fourth-order valence-electron chi connectivity index (χ4n) is 6.36. The highest BCUT2D eigenvalue weighted by Crippen LogP contribution is 2.17. The number of rotatable bonds is 23. The summed E-state index contributed by atoms with van der Waals surface area (Å²) in [4.78, 5) is 35.8. The highest BCUT2D eigenvalue weighted by atomic mass is 32.2. The van der Waals surface area contributed by atoms with E-state index in [2.05, 4.69) is 30.0 Å². The van der Waals surface area contributed by atoms with Crippen molar-refractivity contribution in [3.63, 3.8) is 0 Å². The fraction of sp³-hybridized carbons (Fsp3) is 0.429. The van der Waals surface area contributed by atoms with Crippen molar-refractivity contribution in [3.8, 4) is 0 Å². The minimum absolute atomic E-state index is 0.0440. The van der Waals surface area contributed by atoms with E-state index in [1.54, 1.807) is 125 Å². The molecule has 6 N–H and O–H groups in total. The maximum Gasteiger partial charge on any atom is 0.238 e. The van der Waals surface area contributed by atoms with Crippen molar-refractivity contribution in [3.05, 3.63) is 132 Å². The Morgan fingerprint density at radius 2 is 0.862 bits per heavy atom. The molecule has 58 heavy (non-hydrogen) atoms. The number of sulfonamides is 2. The summed E-state index contributed by atoms with van der Waals surface area (Å²) in [5.41, 5.74) is 2.95. The van der Waals surface area contributed by atoms with Crippen LogP contribution in [0.25, 0.3) is 0 Å². The third-order valence-electron chi connectivity index (χ3n) is 9.76. The molecule has 2 aromatic carbocycles. The van der Waals surface area contributed by atoms with Crippen LogP contribution in [0.1, 0.15) is 49.9 Å². The van der Waals surface area contributed by atoms with Crippen molar-refractivity contribution >= 4 is 31.9 Å². The Morgan fingerprint density at radius 1 is 0.534 bits per heavy atom. The molecule has 0 fully saturated rings. The van der Waals surface area contributed by atoms with E-state index in [4.69, 9.17) is 0 Å². The van der Waals surface area contributed by atoms with Crippen LogP contribution in [0.5, 0.6) is 0 Å². The number of aliphatic hydroxyl groups excluding tert-OH is 2. The Morgan fingerprint density at radius 3 is 1.17 bits per heavy atom. The van der Waals surface area contributed by atoms with Gasteiger partial charge in [0.1, 0.15) is 24.3 Å². The molecule has 6 atom stereocenters. The Kier molecular flexibility index (Phi) is 17.5. The summed E-state index contributed by atoms with van der Waals surface area (Å²) in [6.07, 6.45) is 3.38. The molecule has 2 aromatic heterocycles. The second-order valence-corrected chi connectivity index (χ2v) is 18.9. The first-order chi connectivity index (χ1) is 27.5. The average Bonchev–Trinajstić information content (AvgIpc) is 3.21. The van der Waals surface area contributed by atoms with E-state index < -0.39 is 80.1 Å². The predicted octanol–water partition coefficient (Wildman–Crippen LogP) is 2.33. The number of nitrogens with one attached hydrogen (secondary N) is 4. The van der Waals surface area contributed by atoms with Crippen LogP contribution < -0.4 is 20.1 Å². The number of aliphatic hydroxyl groups is 2. The largest absolute Gasteiger partial charge is 0.388 e. The zero-order valence-corrected chi connectivity index (χ0v) is 34.9. The lowest BCUT2D eigenvalue weighted by atomic mass is 9.90. The SMILES string of the molecule is CC(C)C(NS(=O)(=O)CCc1ccncc1)C(=O)N[C@@H](Cc1ccccc1)[C@H](O)[C@@H](O)[C@H](Cc1ccccc1)NC(=O)C(NS(=O)(=O)CCc1ccncc1)C(C)C. The van der Waals surface area contributed by atoms with Gasteiger partial charge in [-0.05, 0) is 84.0 Å². The molecule has 0 bridgehead atoms. The lowest BCUT2D eigenvalue weighted by Gasteiger charge is -2.35. The second kappa shape index (κ2) is 22.0. The van der Waals surface area contributed by atoms with Crippen LogP contribution in [-0.4, -0.2) is 96.7 Å². The zero-order chi connectivity index (χ0) is 42.3. The molecule has 314 valence electrons. The third-order valence-corrected chi connectivity index (χ3v) is 12.5. The van der Waals surface area contributed by atoms with Gasteiger partial charge in [0, 0.05) is 24.8 Å². The fourth-order valence-corrected chi connectivity index (χ4v) is 9.14. The molecule has 0 aliphatic carbocycles. The number of pyridine rings is 2. The molecular weight excluding hydrogens is 781 g/mol. The van der Waals surface area contributed by atoms with Gasteiger partial charge in [-0.2, -0.15) is 0 Å². The molecule has 0 saturated heterocycles. The molecular formula is C42H56N6O8S2. The second-order valence-electron chi connectivity index (χ2n) is 15.1. The van der Waals surface area contributed by atoms with E-state index in [-0.39, 0.29) is 37.2 Å². The maximum atomic E-state index is 14.0. The van der Waals surface area contributed by atoms with Gasteiger partial charge in [-0.1, -0.05) is 88.4 Å². The van der Waals surface area contributed by atoms with Gasteiger partial charge < -0.3 is 20.8 Å². The number of nitrogens with zero attached hydrogens (tertiary/aromatic N) is 2. The van der Waals surface area contributed by atoms with Gasteiger partial charge in [-0.25, -0.2) is 26.3 Å². The minimum atomic E-state index is -3.95. The summed E-state index contributed by atoms with van der Waals surface area (Å²) < 4.78 is 57.9. The van der Waals surface area contributed by atoms with E-state index in [0.29, 0.717) is 11.1 Å². The van der Waals surface area contributed by atoms with E-state index in [1.807, 2.05) is 12.1 Å². The first kappa shape index (κ1) is 46.1. The minimum Gasteiger partial charge on any atom is -0.388 e. The topological polar surface area (TPSA) is 217 Å². The number of amides is 2. The van der Waals surface area contributed by atoms with Gasteiger partial charge in [0.15, 0.2) is 0 Å². The molecule has 2 amide bonds. The number of benzene rings is 2. The monoisotopic (exact) mass is 836 g/mol. The average molecular weight is 837 g/mol. The van der Waals surface area contributed by atoms with Crippen molar-refractivity contribution in [1.29, 1.82) is 0 Å². The van der Waals surface area contributed by atoms with Crippen LogP contribution in [-0.2, 0) is 55.3 Å². The van der Waals surface area contributed by atoms with Crippen molar-refractivity contribution in [2.45, 2.75) is 89.8 Å². The third kappa shape index (κ3) is 15.0. The molecule has 2 heterocycles. The van der Waals surface area contributed by atoms with Crippen molar-refractivity contribution in [1.82, 2.24) is 30.0 Å². The van der Waals surface area contributed by atoms with Crippen molar-refractivity contribution in [2.24, 2.45) is 11.8 Å². The Labute approximate surface area is 342 Å². The molecule has 0 saturated carbocycles. The molecule has 2 unspecified atom stereocenters. The maximum absolute atomic E-state index is 14.0. The van der Waals surface area contributed by atoms with Crippen molar-refractivity contribution in [2.75, 3.05) is 11.5 Å². The Balaban J connectivity index is 1.57. The molecule has 0 spiro atoms. The number of aryl methyl sites for hydroxylation is 2.